The molecule has 1 aliphatic rings. The highest BCUT2D eigenvalue weighted by atomic mass is 19.1. The molecule has 0 saturated carbocycles. The van der Waals surface area contributed by atoms with Gasteiger partial charge in [-0.25, -0.2) is 4.39 Å². The number of carbonyl (C=O) groups excluding carboxylic acids is 1. The maximum atomic E-state index is 13.2. The van der Waals surface area contributed by atoms with Gasteiger partial charge in [0.05, 0.1) is 16.6 Å². The topological polar surface area (TPSA) is 84.3 Å². The molecule has 0 radical (unpaired) electrons. The first-order chi connectivity index (χ1) is 7.99. The monoisotopic (exact) mass is 239 g/mol. The largest absolute Gasteiger partial charge is 0.375 e. The Morgan fingerprint density at radius 1 is 1.53 bits per heavy atom. The van der Waals surface area contributed by atoms with Gasteiger partial charge < -0.3 is 10.6 Å². The first-order valence-corrected chi connectivity index (χ1v) is 5.01. The second-order valence-corrected chi connectivity index (χ2v) is 3.86. The van der Waals surface area contributed by atoms with E-state index in [0.29, 0.717) is 6.54 Å². The predicted octanol–water partition coefficient (Wildman–Crippen LogP) is 1.28. The average molecular weight is 239 g/mol. The first kappa shape index (κ1) is 11.3. The number of carbonyl (C=O) groups is 1. The van der Waals surface area contributed by atoms with Gasteiger partial charge in [-0.05, 0) is 13.0 Å². The van der Waals surface area contributed by atoms with Crippen LogP contribution >= 0.6 is 0 Å². The Morgan fingerprint density at radius 3 is 2.88 bits per heavy atom. The fourth-order valence-corrected chi connectivity index (χ4v) is 1.71. The number of hydrogen-bond acceptors (Lipinski definition) is 4. The number of nitro groups is 1. The van der Waals surface area contributed by atoms with E-state index in [9.17, 15) is 19.3 Å². The van der Waals surface area contributed by atoms with Gasteiger partial charge in [-0.3, -0.25) is 14.9 Å². The molecule has 1 heterocycles. The summed E-state index contributed by atoms with van der Waals surface area (Å²) in [5.41, 5.74) is -0.399. The van der Waals surface area contributed by atoms with Crippen LogP contribution < -0.4 is 10.6 Å². The molecule has 1 aromatic rings. The molecule has 7 heteroatoms. The number of rotatable bonds is 1. The number of nitro benzene ring substituents is 1. The minimum atomic E-state index is -0.804. The number of nitrogens with one attached hydrogen (secondary N) is 2. The molecule has 0 bridgehead atoms. The quantitative estimate of drug-likeness (QED) is 0.571. The van der Waals surface area contributed by atoms with Crippen LogP contribution in [0.1, 0.15) is 17.3 Å². The van der Waals surface area contributed by atoms with Crippen molar-refractivity contribution in [2.24, 2.45) is 0 Å². The summed E-state index contributed by atoms with van der Waals surface area (Å²) in [5.74, 6) is -1.32. The molecule has 1 amide bonds. The third-order valence-electron chi connectivity index (χ3n) is 2.48. The SMILES string of the molecule is C[C@@H]1CNC(=O)c2cc(F)cc([N+](=O)[O-])c2N1. The number of hydrogen-bond donors (Lipinski definition) is 2. The summed E-state index contributed by atoms with van der Waals surface area (Å²) < 4.78 is 13.2. The van der Waals surface area contributed by atoms with Crippen LogP contribution in [0.5, 0.6) is 0 Å². The van der Waals surface area contributed by atoms with Gasteiger partial charge in [-0.15, -0.1) is 0 Å². The molecule has 0 saturated heterocycles. The fraction of sp³-hybridized carbons (Fsp3) is 0.300. The molecule has 2 rings (SSSR count). The molecular formula is C10H10FN3O3. The number of anilines is 1. The van der Waals surface area contributed by atoms with E-state index in [0.717, 1.165) is 12.1 Å². The fourth-order valence-electron chi connectivity index (χ4n) is 1.71. The molecule has 2 N–H and O–H groups in total. The molecule has 0 unspecified atom stereocenters. The van der Waals surface area contributed by atoms with Crippen LogP contribution in [0, 0.1) is 15.9 Å². The van der Waals surface area contributed by atoms with E-state index in [1.165, 1.54) is 0 Å². The summed E-state index contributed by atoms with van der Waals surface area (Å²) in [6, 6.07) is 1.63. The van der Waals surface area contributed by atoms with Gasteiger partial charge in [0.1, 0.15) is 11.5 Å². The predicted molar refractivity (Wildman–Crippen MR) is 58.5 cm³/mol. The second kappa shape index (κ2) is 4.00. The zero-order valence-corrected chi connectivity index (χ0v) is 8.99. The minimum Gasteiger partial charge on any atom is -0.375 e. The van der Waals surface area contributed by atoms with Gasteiger partial charge in [0.2, 0.25) is 0 Å². The Kier molecular flexibility index (Phi) is 2.66. The van der Waals surface area contributed by atoms with E-state index in [1.807, 2.05) is 0 Å². The van der Waals surface area contributed by atoms with Crippen LogP contribution in [0.2, 0.25) is 0 Å². The van der Waals surface area contributed by atoms with Crippen molar-refractivity contribution in [1.29, 1.82) is 0 Å². The second-order valence-electron chi connectivity index (χ2n) is 3.86. The molecular weight excluding hydrogens is 229 g/mol. The number of benzene rings is 1. The molecule has 1 aliphatic heterocycles. The van der Waals surface area contributed by atoms with Crippen molar-refractivity contribution in [3.8, 4) is 0 Å². The number of fused-ring (bicyclic) bond motifs is 1. The number of nitrogens with zero attached hydrogens (tertiary/aromatic N) is 1. The molecule has 0 fully saturated rings. The Hall–Kier alpha value is -2.18. The van der Waals surface area contributed by atoms with Crippen molar-refractivity contribution in [2.75, 3.05) is 11.9 Å². The average Bonchev–Trinajstić information content (AvgIpc) is 2.39. The van der Waals surface area contributed by atoms with E-state index in [-0.39, 0.29) is 17.3 Å². The summed E-state index contributed by atoms with van der Waals surface area (Å²) in [5, 5.41) is 16.2. The van der Waals surface area contributed by atoms with Crippen LogP contribution in [-0.2, 0) is 0 Å². The summed E-state index contributed by atoms with van der Waals surface area (Å²) in [6.07, 6.45) is 0. The van der Waals surface area contributed by atoms with Gasteiger partial charge in [0.15, 0.2) is 0 Å². The normalized spacial score (nSPS) is 18.7. The smallest absolute Gasteiger partial charge is 0.296 e. The molecule has 1 atom stereocenters. The highest BCUT2D eigenvalue weighted by Crippen LogP contribution is 2.31. The van der Waals surface area contributed by atoms with Gasteiger partial charge in [0.25, 0.3) is 11.6 Å². The van der Waals surface area contributed by atoms with Crippen molar-refractivity contribution >= 4 is 17.3 Å². The third kappa shape index (κ3) is 2.03. The van der Waals surface area contributed by atoms with Crippen molar-refractivity contribution in [2.45, 2.75) is 13.0 Å². The molecule has 0 aliphatic carbocycles. The summed E-state index contributed by atoms with van der Waals surface area (Å²) in [7, 11) is 0. The Labute approximate surface area is 96.0 Å². The lowest BCUT2D eigenvalue weighted by atomic mass is 10.1. The van der Waals surface area contributed by atoms with E-state index in [2.05, 4.69) is 10.6 Å². The Bertz CT molecular complexity index is 504. The first-order valence-electron chi connectivity index (χ1n) is 5.01. The number of halogens is 1. The van der Waals surface area contributed by atoms with Crippen molar-refractivity contribution < 1.29 is 14.1 Å². The Morgan fingerprint density at radius 2 is 2.24 bits per heavy atom. The standard InChI is InChI=1S/C10H10FN3O3/c1-5-4-12-10(15)7-2-6(11)3-8(14(16)17)9(7)13-5/h2-3,5,13H,4H2,1H3,(H,12,15)/t5-/m1/s1. The number of amides is 1. The van der Waals surface area contributed by atoms with E-state index >= 15 is 0 Å². The molecule has 1 aromatic carbocycles. The molecule has 0 aromatic heterocycles. The van der Waals surface area contributed by atoms with Gasteiger partial charge in [-0.2, -0.15) is 0 Å². The Balaban J connectivity index is 2.65. The zero-order valence-electron chi connectivity index (χ0n) is 8.99. The van der Waals surface area contributed by atoms with Crippen LogP contribution in [0.4, 0.5) is 15.8 Å². The molecule has 6 nitrogen and oxygen atoms in total. The molecule has 17 heavy (non-hydrogen) atoms. The molecule has 90 valence electrons. The van der Waals surface area contributed by atoms with Crippen LogP contribution in [0.25, 0.3) is 0 Å². The lowest BCUT2D eigenvalue weighted by molar-refractivity contribution is -0.384. The van der Waals surface area contributed by atoms with Crippen molar-refractivity contribution in [3.63, 3.8) is 0 Å². The van der Waals surface area contributed by atoms with Crippen LogP contribution in [0.15, 0.2) is 12.1 Å². The maximum absolute atomic E-state index is 13.2. The van der Waals surface area contributed by atoms with Crippen molar-refractivity contribution in [1.82, 2.24) is 5.32 Å². The highest BCUT2D eigenvalue weighted by molar-refractivity contribution is 6.02. The lowest BCUT2D eigenvalue weighted by Crippen LogP contribution is -2.30. The summed E-state index contributed by atoms with van der Waals surface area (Å²) in [6.45, 7) is 2.09. The summed E-state index contributed by atoms with van der Waals surface area (Å²) in [4.78, 5) is 21.7. The highest BCUT2D eigenvalue weighted by Gasteiger charge is 2.27. The van der Waals surface area contributed by atoms with E-state index in [4.69, 9.17) is 0 Å². The third-order valence-corrected chi connectivity index (χ3v) is 2.48. The van der Waals surface area contributed by atoms with Crippen molar-refractivity contribution in [3.05, 3.63) is 33.6 Å². The van der Waals surface area contributed by atoms with Crippen LogP contribution in [0.3, 0.4) is 0 Å². The van der Waals surface area contributed by atoms with Crippen LogP contribution in [-0.4, -0.2) is 23.4 Å². The molecule has 0 spiro atoms. The van der Waals surface area contributed by atoms with E-state index in [1.54, 1.807) is 6.92 Å². The van der Waals surface area contributed by atoms with Gasteiger partial charge >= 0.3 is 0 Å². The zero-order chi connectivity index (χ0) is 12.6. The lowest BCUT2D eigenvalue weighted by Gasteiger charge is -2.11. The van der Waals surface area contributed by atoms with Gasteiger partial charge in [-0.1, -0.05) is 0 Å². The minimum absolute atomic E-state index is 0.0407. The van der Waals surface area contributed by atoms with Gasteiger partial charge in [0, 0.05) is 12.6 Å². The summed E-state index contributed by atoms with van der Waals surface area (Å²) >= 11 is 0. The van der Waals surface area contributed by atoms with E-state index < -0.39 is 22.3 Å². The maximum Gasteiger partial charge on any atom is 0.296 e.